The van der Waals surface area contributed by atoms with Crippen LogP contribution in [0.25, 0.3) is 0 Å². The predicted molar refractivity (Wildman–Crippen MR) is 141 cm³/mol. The van der Waals surface area contributed by atoms with Gasteiger partial charge in [0.15, 0.2) is 0 Å². The Balaban J connectivity index is 1.41. The molecule has 37 heavy (non-hydrogen) atoms. The molecule has 2 aromatic rings. The van der Waals surface area contributed by atoms with Crippen molar-refractivity contribution in [3.8, 4) is 0 Å². The number of benzene rings is 1. The number of alkyl carbamates (subject to hydrolysis) is 1. The molecule has 2 N–H and O–H groups in total. The number of likely N-dealkylation sites (tertiary alicyclic amines) is 1. The van der Waals surface area contributed by atoms with E-state index >= 15 is 0 Å². The third-order valence-corrected chi connectivity index (χ3v) is 7.11. The molecule has 0 aliphatic carbocycles. The molecule has 200 valence electrons. The maximum absolute atomic E-state index is 12.6. The minimum absolute atomic E-state index is 0.244. The Morgan fingerprint density at radius 3 is 2.46 bits per heavy atom. The molecule has 3 heterocycles. The lowest BCUT2D eigenvalue weighted by Crippen LogP contribution is -2.39. The van der Waals surface area contributed by atoms with E-state index in [-0.39, 0.29) is 12.1 Å². The van der Waals surface area contributed by atoms with Crippen LogP contribution in [0.2, 0.25) is 0 Å². The number of hydrogen-bond donors (Lipinski definition) is 2. The first kappa shape index (κ1) is 26.6. The van der Waals surface area contributed by atoms with Gasteiger partial charge in [0.05, 0.1) is 24.0 Å². The quantitative estimate of drug-likeness (QED) is 0.566. The molecular formula is C28H39N5O4. The Morgan fingerprint density at radius 1 is 1.16 bits per heavy atom. The number of carbonyl (C=O) groups excluding carboxylic acids is 1. The highest BCUT2D eigenvalue weighted by Crippen LogP contribution is 2.32. The molecule has 2 amide bonds. The number of ether oxygens (including phenoxy) is 1. The van der Waals surface area contributed by atoms with E-state index in [4.69, 9.17) is 9.72 Å². The van der Waals surface area contributed by atoms with Crippen LogP contribution in [-0.2, 0) is 17.7 Å². The largest absolute Gasteiger partial charge is 0.465 e. The number of aryl methyl sites for hydroxylation is 1. The molecule has 1 saturated heterocycles. The number of carbonyl (C=O) groups is 2. The highest BCUT2D eigenvalue weighted by molar-refractivity contribution is 5.68. The zero-order valence-electron chi connectivity index (χ0n) is 22.4. The van der Waals surface area contributed by atoms with Gasteiger partial charge in [0, 0.05) is 44.2 Å². The number of carboxylic acid groups (broad SMARTS) is 1. The Kier molecular flexibility index (Phi) is 7.80. The van der Waals surface area contributed by atoms with Gasteiger partial charge in [-0.15, -0.1) is 0 Å². The van der Waals surface area contributed by atoms with E-state index in [0.29, 0.717) is 25.9 Å². The summed E-state index contributed by atoms with van der Waals surface area (Å²) in [5, 5.41) is 12.5. The molecule has 0 saturated carbocycles. The van der Waals surface area contributed by atoms with Gasteiger partial charge in [-0.25, -0.2) is 14.6 Å². The van der Waals surface area contributed by atoms with Gasteiger partial charge in [-0.2, -0.15) is 0 Å². The molecule has 0 bridgehead atoms. The topological polar surface area (TPSA) is 99.9 Å². The third kappa shape index (κ3) is 6.45. The monoisotopic (exact) mass is 509 g/mol. The highest BCUT2D eigenvalue weighted by atomic mass is 16.6. The zero-order valence-corrected chi connectivity index (χ0v) is 22.4. The molecule has 0 radical (unpaired) electrons. The van der Waals surface area contributed by atoms with E-state index in [0.717, 1.165) is 54.4 Å². The summed E-state index contributed by atoms with van der Waals surface area (Å²) in [7, 11) is 0. The molecule has 1 fully saturated rings. The molecule has 9 nitrogen and oxygen atoms in total. The van der Waals surface area contributed by atoms with E-state index < -0.39 is 17.8 Å². The van der Waals surface area contributed by atoms with Gasteiger partial charge in [0.25, 0.3) is 0 Å². The van der Waals surface area contributed by atoms with Crippen molar-refractivity contribution < 1.29 is 19.4 Å². The molecule has 1 aromatic heterocycles. The summed E-state index contributed by atoms with van der Waals surface area (Å²) >= 11 is 0. The van der Waals surface area contributed by atoms with Crippen molar-refractivity contribution in [2.75, 3.05) is 19.6 Å². The second-order valence-electron chi connectivity index (χ2n) is 11.0. The third-order valence-electron chi connectivity index (χ3n) is 7.11. The summed E-state index contributed by atoms with van der Waals surface area (Å²) in [6, 6.07) is 9.94. The van der Waals surface area contributed by atoms with E-state index in [1.54, 1.807) is 0 Å². The fourth-order valence-corrected chi connectivity index (χ4v) is 5.36. The van der Waals surface area contributed by atoms with Crippen molar-refractivity contribution in [3.63, 3.8) is 0 Å². The number of nitrogens with one attached hydrogen (secondary N) is 1. The first-order valence-electron chi connectivity index (χ1n) is 13.0. The number of piperidine rings is 1. The Morgan fingerprint density at radius 2 is 1.84 bits per heavy atom. The van der Waals surface area contributed by atoms with Crippen LogP contribution < -0.4 is 5.32 Å². The van der Waals surface area contributed by atoms with Gasteiger partial charge >= 0.3 is 12.2 Å². The highest BCUT2D eigenvalue weighted by Gasteiger charge is 2.31. The van der Waals surface area contributed by atoms with E-state index in [2.05, 4.69) is 21.4 Å². The Bertz CT molecular complexity index is 1130. The van der Waals surface area contributed by atoms with Crippen molar-refractivity contribution in [2.45, 2.75) is 77.6 Å². The fourth-order valence-electron chi connectivity index (χ4n) is 5.36. The maximum Gasteiger partial charge on any atom is 0.408 e. The van der Waals surface area contributed by atoms with Crippen molar-refractivity contribution in [1.29, 1.82) is 0 Å². The molecule has 4 rings (SSSR count). The summed E-state index contributed by atoms with van der Waals surface area (Å²) in [5.74, 6) is 0.959. The summed E-state index contributed by atoms with van der Waals surface area (Å²) in [4.78, 5) is 32.6. The summed E-state index contributed by atoms with van der Waals surface area (Å²) in [5.41, 5.74) is 3.48. The lowest BCUT2D eigenvalue weighted by atomic mass is 9.99. The van der Waals surface area contributed by atoms with Gasteiger partial charge in [0.2, 0.25) is 0 Å². The average molecular weight is 510 g/mol. The van der Waals surface area contributed by atoms with Crippen LogP contribution in [0.15, 0.2) is 42.6 Å². The van der Waals surface area contributed by atoms with Crippen LogP contribution in [0.1, 0.15) is 74.9 Å². The summed E-state index contributed by atoms with van der Waals surface area (Å²) < 4.78 is 7.77. The van der Waals surface area contributed by atoms with Gasteiger partial charge in [-0.05, 0) is 46.1 Å². The first-order valence-corrected chi connectivity index (χ1v) is 13.0. The minimum atomic E-state index is -0.880. The second kappa shape index (κ2) is 10.9. The molecule has 2 aliphatic rings. The van der Waals surface area contributed by atoms with E-state index in [1.165, 1.54) is 4.90 Å². The van der Waals surface area contributed by atoms with Crippen LogP contribution in [0.5, 0.6) is 0 Å². The van der Waals surface area contributed by atoms with Gasteiger partial charge in [-0.3, -0.25) is 0 Å². The number of hydrogen-bond acceptors (Lipinski definition) is 5. The lowest BCUT2D eigenvalue weighted by Gasteiger charge is -2.38. The number of fused-ring (bicyclic) bond motifs is 1. The molecule has 0 spiro atoms. The van der Waals surface area contributed by atoms with E-state index in [9.17, 15) is 14.7 Å². The average Bonchev–Trinajstić information content (AvgIpc) is 3.17. The van der Waals surface area contributed by atoms with Crippen LogP contribution in [0.4, 0.5) is 9.59 Å². The SMILES string of the molecule is C=C(C[C@H](NC(=O)OC(C)(C)C)c1ccccc1)N1CCC(n2c(C)nc3c2CN(C(=O)O)CC3)CC1. The van der Waals surface area contributed by atoms with Gasteiger partial charge in [-0.1, -0.05) is 36.9 Å². The number of imidazole rings is 1. The number of nitrogens with zero attached hydrogens (tertiary/aromatic N) is 4. The van der Waals surface area contributed by atoms with E-state index in [1.807, 2.05) is 58.0 Å². The van der Waals surface area contributed by atoms with Crippen molar-refractivity contribution in [2.24, 2.45) is 0 Å². The van der Waals surface area contributed by atoms with Crippen LogP contribution >= 0.6 is 0 Å². The smallest absolute Gasteiger partial charge is 0.408 e. The molecule has 9 heteroatoms. The summed E-state index contributed by atoms with van der Waals surface area (Å²) in [6.45, 7) is 14.5. The zero-order chi connectivity index (χ0) is 26.7. The molecule has 2 aliphatic heterocycles. The second-order valence-corrected chi connectivity index (χ2v) is 11.0. The van der Waals surface area contributed by atoms with Crippen molar-refractivity contribution in [1.82, 2.24) is 24.7 Å². The van der Waals surface area contributed by atoms with Crippen molar-refractivity contribution >= 4 is 12.2 Å². The fraction of sp³-hybridized carbons (Fsp3) is 0.536. The Labute approximate surface area is 219 Å². The van der Waals surface area contributed by atoms with Crippen LogP contribution in [-0.4, -0.2) is 61.9 Å². The number of amides is 2. The van der Waals surface area contributed by atoms with Gasteiger partial charge in [0.1, 0.15) is 11.4 Å². The predicted octanol–water partition coefficient (Wildman–Crippen LogP) is 5.03. The van der Waals surface area contributed by atoms with Crippen molar-refractivity contribution in [3.05, 3.63) is 65.4 Å². The maximum atomic E-state index is 12.6. The molecule has 1 atom stereocenters. The van der Waals surface area contributed by atoms with Gasteiger partial charge < -0.3 is 29.5 Å². The number of rotatable bonds is 6. The molecule has 0 unspecified atom stereocenters. The summed E-state index contributed by atoms with van der Waals surface area (Å²) in [6.07, 6.45) is 1.77. The number of aromatic nitrogens is 2. The molecule has 1 aromatic carbocycles. The molecular weight excluding hydrogens is 470 g/mol. The standard InChI is InChI=1S/C28H39N5O4/c1-19(17-24(21-9-7-6-8-10-21)30-26(34)37-28(3,4)5)31-14-11-22(12-15-31)33-20(2)29-23-13-16-32(27(35)36)18-25(23)33/h6-10,22,24H,1,11-18H2,2-5H3,(H,30,34)(H,35,36)/t24-/m0/s1. The Hall–Kier alpha value is -3.49. The van der Waals surface area contributed by atoms with Crippen LogP contribution in [0, 0.1) is 6.92 Å². The van der Waals surface area contributed by atoms with Crippen LogP contribution in [0.3, 0.4) is 0 Å². The minimum Gasteiger partial charge on any atom is -0.465 e. The lowest BCUT2D eigenvalue weighted by molar-refractivity contribution is 0.0501. The first-order chi connectivity index (χ1) is 17.5. The normalized spacial score (nSPS) is 17.2.